The molecule has 2 N–H and O–H groups in total. The van der Waals surface area contributed by atoms with Gasteiger partial charge in [0.25, 0.3) is 0 Å². The van der Waals surface area contributed by atoms with Gasteiger partial charge in [-0.05, 0) is 69.7 Å². The molecule has 17 heavy (non-hydrogen) atoms. The van der Waals surface area contributed by atoms with Crippen LogP contribution in [0.2, 0.25) is 0 Å². The summed E-state index contributed by atoms with van der Waals surface area (Å²) >= 11 is 8.76. The van der Waals surface area contributed by atoms with E-state index in [1.807, 2.05) is 0 Å². The van der Waals surface area contributed by atoms with Crippen LogP contribution in [0.25, 0.3) is 0 Å². The molecule has 1 aromatic rings. The Bertz CT molecular complexity index is 350. The molecule has 1 aromatic heterocycles. The van der Waals surface area contributed by atoms with Crippen molar-refractivity contribution >= 4 is 43.2 Å². The molecule has 0 aromatic carbocycles. The average molecular weight is 383 g/mol. The van der Waals surface area contributed by atoms with Gasteiger partial charge < -0.3 is 10.4 Å². The summed E-state index contributed by atoms with van der Waals surface area (Å²) < 4.78 is 2.29. The molecule has 2 rings (SSSR count). The Morgan fingerprint density at radius 1 is 1.41 bits per heavy atom. The molecule has 0 radical (unpaired) electrons. The molecule has 2 atom stereocenters. The van der Waals surface area contributed by atoms with Gasteiger partial charge in [0.05, 0.1) is 9.89 Å². The molecule has 2 nitrogen and oxygen atoms in total. The number of hydrogen-bond acceptors (Lipinski definition) is 3. The van der Waals surface area contributed by atoms with Crippen molar-refractivity contribution in [2.24, 2.45) is 5.92 Å². The first-order valence-electron chi connectivity index (χ1n) is 5.97. The second kappa shape index (κ2) is 6.66. The van der Waals surface area contributed by atoms with Gasteiger partial charge in [0, 0.05) is 15.9 Å². The molecule has 96 valence electrons. The molecular formula is C12H17Br2NOS. The van der Waals surface area contributed by atoms with E-state index in [-0.39, 0.29) is 6.10 Å². The van der Waals surface area contributed by atoms with Crippen molar-refractivity contribution in [2.75, 3.05) is 6.54 Å². The molecule has 5 heteroatoms. The minimum atomic E-state index is -0.0689. The van der Waals surface area contributed by atoms with Crippen LogP contribution in [0.3, 0.4) is 0 Å². The molecule has 1 heterocycles. The van der Waals surface area contributed by atoms with Gasteiger partial charge in [0.15, 0.2) is 0 Å². The van der Waals surface area contributed by atoms with E-state index in [0.717, 1.165) is 34.2 Å². The molecule has 2 unspecified atom stereocenters. The van der Waals surface area contributed by atoms with Crippen LogP contribution in [0, 0.1) is 5.92 Å². The van der Waals surface area contributed by atoms with Crippen LogP contribution in [-0.4, -0.2) is 17.8 Å². The first-order chi connectivity index (χ1) is 8.15. The van der Waals surface area contributed by atoms with Crippen molar-refractivity contribution < 1.29 is 5.11 Å². The SMILES string of the molecule is OC1CCCC(CNCc2cc(Br)c(Br)s2)C1. The second-order valence-corrected chi connectivity index (χ2v) is 7.96. The minimum absolute atomic E-state index is 0.0689. The van der Waals surface area contributed by atoms with E-state index < -0.39 is 0 Å². The summed E-state index contributed by atoms with van der Waals surface area (Å²) in [5, 5.41) is 13.1. The number of aliphatic hydroxyl groups is 1. The predicted octanol–water partition coefficient (Wildman–Crippen LogP) is 3.91. The highest BCUT2D eigenvalue weighted by atomic mass is 79.9. The smallest absolute Gasteiger partial charge is 0.0843 e. The standard InChI is InChI=1S/C12H17Br2NOS/c13-11-5-10(17-12(11)14)7-15-6-8-2-1-3-9(16)4-8/h5,8-9,15-16H,1-4,6-7H2. The van der Waals surface area contributed by atoms with Crippen LogP contribution in [-0.2, 0) is 6.54 Å². The summed E-state index contributed by atoms with van der Waals surface area (Å²) in [7, 11) is 0. The zero-order valence-electron chi connectivity index (χ0n) is 9.59. The van der Waals surface area contributed by atoms with E-state index >= 15 is 0 Å². The van der Waals surface area contributed by atoms with Crippen LogP contribution in [0.5, 0.6) is 0 Å². The van der Waals surface area contributed by atoms with E-state index in [4.69, 9.17) is 0 Å². The highest BCUT2D eigenvalue weighted by Crippen LogP contribution is 2.32. The number of halogens is 2. The van der Waals surface area contributed by atoms with Gasteiger partial charge in [-0.15, -0.1) is 11.3 Å². The lowest BCUT2D eigenvalue weighted by Crippen LogP contribution is -2.28. The number of hydrogen-bond donors (Lipinski definition) is 2. The topological polar surface area (TPSA) is 32.3 Å². The Hall–Kier alpha value is 0.580. The first-order valence-corrected chi connectivity index (χ1v) is 8.38. The highest BCUT2D eigenvalue weighted by molar-refractivity contribution is 9.13. The first kappa shape index (κ1) is 14.0. The van der Waals surface area contributed by atoms with E-state index in [1.54, 1.807) is 11.3 Å². The lowest BCUT2D eigenvalue weighted by molar-refractivity contribution is 0.101. The Balaban J connectivity index is 1.72. The normalized spacial score (nSPS) is 25.1. The van der Waals surface area contributed by atoms with E-state index in [1.165, 1.54) is 17.7 Å². The quantitative estimate of drug-likeness (QED) is 0.827. The molecule has 0 spiro atoms. The van der Waals surface area contributed by atoms with Crippen molar-refractivity contribution in [3.05, 3.63) is 19.2 Å². The number of rotatable bonds is 4. The van der Waals surface area contributed by atoms with E-state index in [9.17, 15) is 5.11 Å². The Labute approximate surface area is 123 Å². The summed E-state index contributed by atoms with van der Waals surface area (Å²) in [6, 6.07) is 2.15. The van der Waals surface area contributed by atoms with Gasteiger partial charge in [-0.25, -0.2) is 0 Å². The molecule has 0 amide bonds. The number of nitrogens with one attached hydrogen (secondary N) is 1. The zero-order valence-corrected chi connectivity index (χ0v) is 13.6. The second-order valence-electron chi connectivity index (χ2n) is 4.65. The Kier molecular flexibility index (Phi) is 5.49. The average Bonchev–Trinajstić information content (AvgIpc) is 2.58. The fourth-order valence-corrected chi connectivity index (χ4v) is 4.47. The minimum Gasteiger partial charge on any atom is -0.393 e. The third-order valence-electron chi connectivity index (χ3n) is 3.18. The molecular weight excluding hydrogens is 366 g/mol. The van der Waals surface area contributed by atoms with Gasteiger partial charge >= 0.3 is 0 Å². The lowest BCUT2D eigenvalue weighted by atomic mass is 9.87. The molecule has 1 aliphatic carbocycles. The largest absolute Gasteiger partial charge is 0.393 e. The number of aliphatic hydroxyl groups excluding tert-OH is 1. The van der Waals surface area contributed by atoms with Crippen LogP contribution in [0.15, 0.2) is 14.3 Å². The van der Waals surface area contributed by atoms with Gasteiger partial charge in [0.2, 0.25) is 0 Å². The van der Waals surface area contributed by atoms with E-state index in [0.29, 0.717) is 5.92 Å². The zero-order chi connectivity index (χ0) is 12.3. The monoisotopic (exact) mass is 381 g/mol. The number of thiophene rings is 1. The third kappa shape index (κ3) is 4.31. The molecule has 0 bridgehead atoms. The van der Waals surface area contributed by atoms with Crippen LogP contribution < -0.4 is 5.32 Å². The maximum Gasteiger partial charge on any atom is 0.0843 e. The van der Waals surface area contributed by atoms with Gasteiger partial charge in [0.1, 0.15) is 0 Å². The van der Waals surface area contributed by atoms with Gasteiger partial charge in [-0.2, -0.15) is 0 Å². The highest BCUT2D eigenvalue weighted by Gasteiger charge is 2.19. The summed E-state index contributed by atoms with van der Waals surface area (Å²) in [6.45, 7) is 1.94. The van der Waals surface area contributed by atoms with Crippen LogP contribution in [0.1, 0.15) is 30.6 Å². The Morgan fingerprint density at radius 3 is 2.88 bits per heavy atom. The van der Waals surface area contributed by atoms with Crippen molar-refractivity contribution in [1.29, 1.82) is 0 Å². The van der Waals surface area contributed by atoms with Crippen molar-refractivity contribution in [1.82, 2.24) is 5.32 Å². The van der Waals surface area contributed by atoms with Crippen molar-refractivity contribution in [3.8, 4) is 0 Å². The summed E-state index contributed by atoms with van der Waals surface area (Å²) in [5.74, 6) is 0.644. The van der Waals surface area contributed by atoms with Crippen molar-refractivity contribution in [3.63, 3.8) is 0 Å². The van der Waals surface area contributed by atoms with Gasteiger partial charge in [-0.1, -0.05) is 6.42 Å². The van der Waals surface area contributed by atoms with E-state index in [2.05, 4.69) is 43.2 Å². The fraction of sp³-hybridized carbons (Fsp3) is 0.667. The van der Waals surface area contributed by atoms with Crippen molar-refractivity contribution in [2.45, 2.75) is 38.3 Å². The van der Waals surface area contributed by atoms with Crippen LogP contribution in [0.4, 0.5) is 0 Å². The maximum atomic E-state index is 9.60. The predicted molar refractivity (Wildman–Crippen MR) is 79.4 cm³/mol. The van der Waals surface area contributed by atoms with Gasteiger partial charge in [-0.3, -0.25) is 0 Å². The fourth-order valence-electron chi connectivity index (χ4n) is 2.33. The molecule has 1 saturated carbocycles. The summed E-state index contributed by atoms with van der Waals surface area (Å²) in [4.78, 5) is 1.33. The lowest BCUT2D eigenvalue weighted by Gasteiger charge is -2.25. The molecule has 0 aliphatic heterocycles. The maximum absolute atomic E-state index is 9.60. The van der Waals surface area contributed by atoms with Crippen LogP contribution >= 0.6 is 43.2 Å². The summed E-state index contributed by atoms with van der Waals surface area (Å²) in [6.07, 6.45) is 4.30. The third-order valence-corrected chi connectivity index (χ3v) is 6.44. The molecule has 1 aliphatic rings. The molecule has 0 saturated heterocycles. The Morgan fingerprint density at radius 2 is 2.24 bits per heavy atom. The summed E-state index contributed by atoms with van der Waals surface area (Å²) in [5.41, 5.74) is 0. The molecule has 1 fully saturated rings.